The molecule has 0 aliphatic rings. The van der Waals surface area contributed by atoms with Gasteiger partial charge in [-0.2, -0.15) is 0 Å². The van der Waals surface area contributed by atoms with Crippen LogP contribution in [0.5, 0.6) is 5.75 Å². The summed E-state index contributed by atoms with van der Waals surface area (Å²) in [4.78, 5) is 8.14. The first-order valence-corrected chi connectivity index (χ1v) is 6.68. The van der Waals surface area contributed by atoms with Crippen molar-refractivity contribution in [3.63, 3.8) is 0 Å². The van der Waals surface area contributed by atoms with Gasteiger partial charge in [0.15, 0.2) is 5.65 Å². The molecule has 3 aromatic rings. The third-order valence-corrected chi connectivity index (χ3v) is 3.29. The monoisotopic (exact) mass is 342 g/mol. The Hall–Kier alpha value is -2.41. The van der Waals surface area contributed by atoms with Crippen molar-refractivity contribution in [2.75, 3.05) is 0 Å². The number of fused-ring (bicyclic) bond motifs is 1. The number of hydrogen-bond acceptors (Lipinski definition) is 3. The van der Waals surface area contributed by atoms with E-state index in [1.54, 1.807) is 12.1 Å². The van der Waals surface area contributed by atoms with Gasteiger partial charge in [-0.1, -0.05) is 11.6 Å². The van der Waals surface area contributed by atoms with Crippen molar-refractivity contribution >= 4 is 22.6 Å². The smallest absolute Gasteiger partial charge is 0.406 e. The zero-order valence-corrected chi connectivity index (χ0v) is 12.0. The van der Waals surface area contributed by atoms with Gasteiger partial charge in [-0.3, -0.25) is 0 Å². The summed E-state index contributed by atoms with van der Waals surface area (Å²) in [5.41, 5.74) is 0.157. The fourth-order valence-corrected chi connectivity index (χ4v) is 2.30. The van der Waals surface area contributed by atoms with Crippen LogP contribution in [0, 0.1) is 5.82 Å². The number of benzene rings is 1. The van der Waals surface area contributed by atoms with Crippen LogP contribution in [-0.4, -0.2) is 16.3 Å². The Kier molecular flexibility index (Phi) is 3.81. The second-order valence-electron chi connectivity index (χ2n) is 4.55. The van der Waals surface area contributed by atoms with Crippen LogP contribution in [0.2, 0.25) is 5.02 Å². The van der Waals surface area contributed by atoms with Gasteiger partial charge >= 0.3 is 6.36 Å². The molecular formula is C15H7ClF4N2O. The third-order valence-electron chi connectivity index (χ3n) is 2.98. The molecule has 0 fully saturated rings. The van der Waals surface area contributed by atoms with Crippen molar-refractivity contribution in [2.24, 2.45) is 0 Å². The van der Waals surface area contributed by atoms with Crippen molar-refractivity contribution in [3.05, 3.63) is 53.4 Å². The molecule has 0 saturated heterocycles. The number of pyridine rings is 2. The van der Waals surface area contributed by atoms with E-state index in [1.165, 1.54) is 12.3 Å². The topological polar surface area (TPSA) is 35.0 Å². The second-order valence-corrected chi connectivity index (χ2v) is 4.96. The van der Waals surface area contributed by atoms with Crippen LogP contribution in [0.25, 0.3) is 22.3 Å². The standard InChI is InChI=1S/C15H7ClF4N2O/c16-11-7-13(22-14-9(11)2-1-5-21-14)10-6-8(3-4-12(10)17)23-15(18,19)20/h1-7H. The third kappa shape index (κ3) is 3.34. The Bertz CT molecular complexity index is 883. The Morgan fingerprint density at radius 3 is 2.61 bits per heavy atom. The quantitative estimate of drug-likeness (QED) is 0.615. The van der Waals surface area contributed by atoms with E-state index >= 15 is 0 Å². The normalized spacial score (nSPS) is 11.7. The summed E-state index contributed by atoms with van der Waals surface area (Å²) in [5, 5.41) is 0.820. The Balaban J connectivity index is 2.12. The lowest BCUT2D eigenvalue weighted by molar-refractivity contribution is -0.274. The van der Waals surface area contributed by atoms with E-state index in [-0.39, 0.29) is 21.9 Å². The van der Waals surface area contributed by atoms with Gasteiger partial charge in [0.2, 0.25) is 0 Å². The maximum absolute atomic E-state index is 14.0. The molecule has 0 unspecified atom stereocenters. The molecule has 0 bridgehead atoms. The summed E-state index contributed by atoms with van der Waals surface area (Å²) in [6.45, 7) is 0. The summed E-state index contributed by atoms with van der Waals surface area (Å²) in [5.74, 6) is -1.30. The van der Waals surface area contributed by atoms with E-state index < -0.39 is 17.9 Å². The summed E-state index contributed by atoms with van der Waals surface area (Å²) in [6.07, 6.45) is -3.39. The zero-order chi connectivity index (χ0) is 16.6. The van der Waals surface area contributed by atoms with Gasteiger partial charge < -0.3 is 4.74 Å². The number of hydrogen-bond donors (Lipinski definition) is 0. The largest absolute Gasteiger partial charge is 0.573 e. The second kappa shape index (κ2) is 5.66. The number of nitrogens with zero attached hydrogens (tertiary/aromatic N) is 2. The number of ether oxygens (including phenoxy) is 1. The predicted molar refractivity (Wildman–Crippen MR) is 76.6 cm³/mol. The molecule has 23 heavy (non-hydrogen) atoms. The van der Waals surface area contributed by atoms with E-state index in [4.69, 9.17) is 11.6 Å². The number of halogens is 5. The molecule has 1 aromatic carbocycles. The Morgan fingerprint density at radius 2 is 1.87 bits per heavy atom. The predicted octanol–water partition coefficient (Wildman–Crippen LogP) is 4.99. The average molecular weight is 343 g/mol. The van der Waals surface area contributed by atoms with Crippen LogP contribution in [-0.2, 0) is 0 Å². The van der Waals surface area contributed by atoms with Crippen LogP contribution in [0.1, 0.15) is 0 Å². The molecule has 0 saturated carbocycles. The van der Waals surface area contributed by atoms with Gasteiger partial charge in [-0.05, 0) is 36.4 Å². The van der Waals surface area contributed by atoms with E-state index in [1.807, 2.05) is 0 Å². The van der Waals surface area contributed by atoms with Crippen molar-refractivity contribution in [1.82, 2.24) is 9.97 Å². The minimum atomic E-state index is -4.87. The fraction of sp³-hybridized carbons (Fsp3) is 0.0667. The highest BCUT2D eigenvalue weighted by molar-refractivity contribution is 6.35. The lowest BCUT2D eigenvalue weighted by Crippen LogP contribution is -2.17. The molecule has 0 atom stereocenters. The number of rotatable bonds is 2. The molecule has 0 amide bonds. The molecule has 0 spiro atoms. The van der Waals surface area contributed by atoms with Gasteiger partial charge in [-0.15, -0.1) is 13.2 Å². The maximum Gasteiger partial charge on any atom is 0.573 e. The molecule has 8 heteroatoms. The van der Waals surface area contributed by atoms with Crippen LogP contribution < -0.4 is 4.74 Å². The summed E-state index contributed by atoms with van der Waals surface area (Å²) in [7, 11) is 0. The molecule has 0 N–H and O–H groups in total. The van der Waals surface area contributed by atoms with Gasteiger partial charge in [0, 0.05) is 17.1 Å². The minimum Gasteiger partial charge on any atom is -0.406 e. The van der Waals surface area contributed by atoms with Gasteiger partial charge in [-0.25, -0.2) is 14.4 Å². The van der Waals surface area contributed by atoms with Crippen molar-refractivity contribution < 1.29 is 22.3 Å². The molecule has 3 rings (SSSR count). The van der Waals surface area contributed by atoms with Gasteiger partial charge in [0.1, 0.15) is 11.6 Å². The Labute approximate surface area is 132 Å². The van der Waals surface area contributed by atoms with Crippen LogP contribution in [0.3, 0.4) is 0 Å². The molecule has 0 radical (unpaired) electrons. The lowest BCUT2D eigenvalue weighted by Gasteiger charge is -2.11. The van der Waals surface area contributed by atoms with Crippen LogP contribution in [0.4, 0.5) is 17.6 Å². The lowest BCUT2D eigenvalue weighted by atomic mass is 10.1. The molecule has 118 valence electrons. The SMILES string of the molecule is Fc1ccc(OC(F)(F)F)cc1-c1cc(Cl)c2cccnc2n1. The van der Waals surface area contributed by atoms with E-state index in [0.29, 0.717) is 5.39 Å². The maximum atomic E-state index is 14.0. The first-order valence-electron chi connectivity index (χ1n) is 6.30. The Morgan fingerprint density at radius 1 is 1.09 bits per heavy atom. The molecule has 0 aliphatic heterocycles. The highest BCUT2D eigenvalue weighted by Gasteiger charge is 2.31. The van der Waals surface area contributed by atoms with Crippen LogP contribution in [0.15, 0.2) is 42.6 Å². The highest BCUT2D eigenvalue weighted by atomic mass is 35.5. The fourth-order valence-electron chi connectivity index (χ4n) is 2.05. The first-order chi connectivity index (χ1) is 10.8. The number of alkyl halides is 3. The number of aromatic nitrogens is 2. The first kappa shape index (κ1) is 15.5. The van der Waals surface area contributed by atoms with Gasteiger partial charge in [0.25, 0.3) is 0 Å². The van der Waals surface area contributed by atoms with Crippen LogP contribution >= 0.6 is 11.6 Å². The molecule has 2 aromatic heterocycles. The zero-order valence-electron chi connectivity index (χ0n) is 11.2. The van der Waals surface area contributed by atoms with Crippen molar-refractivity contribution in [2.45, 2.75) is 6.36 Å². The average Bonchev–Trinajstić information content (AvgIpc) is 2.48. The van der Waals surface area contributed by atoms with Gasteiger partial charge in [0.05, 0.1) is 10.7 Å². The summed E-state index contributed by atoms with van der Waals surface area (Å²) >= 11 is 6.10. The molecular weight excluding hydrogens is 336 g/mol. The summed E-state index contributed by atoms with van der Waals surface area (Å²) < 4.78 is 54.6. The molecule has 0 aliphatic carbocycles. The van der Waals surface area contributed by atoms with E-state index in [2.05, 4.69) is 14.7 Å². The highest BCUT2D eigenvalue weighted by Crippen LogP contribution is 2.32. The summed E-state index contributed by atoms with van der Waals surface area (Å²) in [6, 6.07) is 7.37. The van der Waals surface area contributed by atoms with E-state index in [0.717, 1.165) is 18.2 Å². The minimum absolute atomic E-state index is 0.0614. The molecule has 3 nitrogen and oxygen atoms in total. The van der Waals surface area contributed by atoms with E-state index in [9.17, 15) is 17.6 Å². The molecule has 2 heterocycles. The van der Waals surface area contributed by atoms with Crippen molar-refractivity contribution in [3.8, 4) is 17.0 Å². The van der Waals surface area contributed by atoms with Crippen molar-refractivity contribution in [1.29, 1.82) is 0 Å².